The van der Waals surface area contributed by atoms with Gasteiger partial charge in [-0.1, -0.05) is 18.2 Å². The van der Waals surface area contributed by atoms with Gasteiger partial charge in [0.05, 0.1) is 24.5 Å². The Labute approximate surface area is 113 Å². The molecule has 1 N–H and O–H groups in total. The number of nitrogens with zero attached hydrogens (tertiary/aromatic N) is 1. The van der Waals surface area contributed by atoms with Crippen LogP contribution >= 0.6 is 0 Å². The second kappa shape index (κ2) is 5.13. The highest BCUT2D eigenvalue weighted by Crippen LogP contribution is 2.24. The zero-order valence-electron chi connectivity index (χ0n) is 10.5. The average molecular weight is 278 g/mol. The van der Waals surface area contributed by atoms with Crippen LogP contribution in [-0.4, -0.2) is 16.6 Å². The minimum atomic E-state index is -2.55. The number of aromatic amines is 1. The number of rotatable bonds is 2. The number of hydrogen-bond acceptors (Lipinski definition) is 3. The minimum Gasteiger partial charge on any atom is -0.376 e. The Morgan fingerprint density at radius 2 is 2.20 bits per heavy atom. The van der Waals surface area contributed by atoms with E-state index >= 15 is 0 Å². The molecule has 1 aliphatic heterocycles. The lowest BCUT2D eigenvalue weighted by molar-refractivity contribution is 0.108. The maximum absolute atomic E-state index is 12.7. The summed E-state index contributed by atoms with van der Waals surface area (Å²) < 4.78 is 30.6. The van der Waals surface area contributed by atoms with Crippen LogP contribution in [0.15, 0.2) is 29.1 Å². The Hall–Kier alpha value is -2.08. The highest BCUT2D eigenvalue weighted by Gasteiger charge is 2.17. The van der Waals surface area contributed by atoms with Crippen molar-refractivity contribution in [1.82, 2.24) is 9.97 Å². The lowest BCUT2D eigenvalue weighted by Gasteiger charge is -2.15. The zero-order chi connectivity index (χ0) is 14.1. The Bertz CT molecular complexity index is 698. The van der Waals surface area contributed by atoms with Crippen LogP contribution in [0, 0.1) is 0 Å². The topological polar surface area (TPSA) is 55.0 Å². The first-order valence-electron chi connectivity index (χ1n) is 6.23. The fourth-order valence-electron chi connectivity index (χ4n) is 2.20. The molecule has 0 saturated heterocycles. The van der Waals surface area contributed by atoms with Crippen molar-refractivity contribution in [3.63, 3.8) is 0 Å². The van der Waals surface area contributed by atoms with Crippen LogP contribution < -0.4 is 5.56 Å². The molecule has 0 amide bonds. The summed E-state index contributed by atoms with van der Waals surface area (Å²) in [5.74, 6) is 0.318. The molecule has 104 valence electrons. The largest absolute Gasteiger partial charge is 0.376 e. The number of aromatic nitrogens is 2. The molecule has 2 heterocycles. The number of hydrogen-bond donors (Lipinski definition) is 1. The zero-order valence-corrected chi connectivity index (χ0v) is 10.5. The first-order valence-corrected chi connectivity index (χ1v) is 6.23. The quantitative estimate of drug-likeness (QED) is 0.918. The highest BCUT2D eigenvalue weighted by molar-refractivity contribution is 5.56. The monoisotopic (exact) mass is 278 g/mol. The molecule has 1 aromatic heterocycles. The first-order chi connectivity index (χ1) is 9.65. The molecule has 0 unspecified atom stereocenters. The van der Waals surface area contributed by atoms with Gasteiger partial charge in [-0.2, -0.15) is 0 Å². The summed E-state index contributed by atoms with van der Waals surface area (Å²) in [6.07, 6.45) is -1.99. The normalized spacial score (nSPS) is 14.3. The molecule has 0 spiro atoms. The molecule has 0 atom stereocenters. The SMILES string of the molecule is O=c1[nH]c(-c2cccc(C(F)F)c2)nc2c1COCC2. The van der Waals surface area contributed by atoms with E-state index in [1.165, 1.54) is 18.2 Å². The van der Waals surface area contributed by atoms with Gasteiger partial charge >= 0.3 is 0 Å². The lowest BCUT2D eigenvalue weighted by atomic mass is 10.1. The van der Waals surface area contributed by atoms with E-state index in [4.69, 9.17) is 4.74 Å². The van der Waals surface area contributed by atoms with E-state index in [0.717, 1.165) is 0 Å². The summed E-state index contributed by atoms with van der Waals surface area (Å²) in [6.45, 7) is 0.759. The van der Waals surface area contributed by atoms with Gasteiger partial charge in [-0.05, 0) is 6.07 Å². The summed E-state index contributed by atoms with van der Waals surface area (Å²) in [6, 6.07) is 5.86. The van der Waals surface area contributed by atoms with Crippen LogP contribution in [0.2, 0.25) is 0 Å². The van der Waals surface area contributed by atoms with E-state index in [9.17, 15) is 13.6 Å². The molecule has 0 bridgehead atoms. The van der Waals surface area contributed by atoms with Gasteiger partial charge in [0, 0.05) is 17.5 Å². The van der Waals surface area contributed by atoms with Crippen LogP contribution in [0.5, 0.6) is 0 Å². The first kappa shape index (κ1) is 12.9. The number of alkyl halides is 2. The number of H-pyrrole nitrogens is 1. The van der Waals surface area contributed by atoms with E-state index in [1.807, 2.05) is 0 Å². The molecule has 0 aliphatic carbocycles. The Morgan fingerprint density at radius 3 is 3.00 bits per heavy atom. The number of benzene rings is 1. The van der Waals surface area contributed by atoms with Gasteiger partial charge in [-0.3, -0.25) is 4.79 Å². The van der Waals surface area contributed by atoms with Gasteiger partial charge < -0.3 is 9.72 Å². The van der Waals surface area contributed by atoms with Crippen molar-refractivity contribution in [2.24, 2.45) is 0 Å². The van der Waals surface area contributed by atoms with Crippen molar-refractivity contribution in [3.8, 4) is 11.4 Å². The van der Waals surface area contributed by atoms with Crippen LogP contribution in [0.1, 0.15) is 23.2 Å². The van der Waals surface area contributed by atoms with Crippen LogP contribution in [0.4, 0.5) is 8.78 Å². The third-order valence-corrected chi connectivity index (χ3v) is 3.24. The molecule has 20 heavy (non-hydrogen) atoms. The van der Waals surface area contributed by atoms with Crippen LogP contribution in [0.25, 0.3) is 11.4 Å². The molecule has 3 rings (SSSR count). The number of ether oxygens (including phenoxy) is 1. The molecular formula is C14H12F2N2O2. The average Bonchev–Trinajstić information content (AvgIpc) is 2.47. The van der Waals surface area contributed by atoms with Crippen molar-refractivity contribution in [2.45, 2.75) is 19.5 Å². The minimum absolute atomic E-state index is 0.0915. The predicted octanol–water partition coefficient (Wildman–Crippen LogP) is 2.45. The van der Waals surface area contributed by atoms with Gasteiger partial charge in [-0.15, -0.1) is 0 Å². The smallest absolute Gasteiger partial charge is 0.263 e. The maximum atomic E-state index is 12.7. The summed E-state index contributed by atoms with van der Waals surface area (Å²) in [4.78, 5) is 18.9. The third-order valence-electron chi connectivity index (χ3n) is 3.24. The molecule has 2 aromatic rings. The second-order valence-electron chi connectivity index (χ2n) is 4.57. The molecule has 0 fully saturated rings. The van der Waals surface area contributed by atoms with Gasteiger partial charge in [0.1, 0.15) is 5.82 Å². The Morgan fingerprint density at radius 1 is 1.35 bits per heavy atom. The van der Waals surface area contributed by atoms with Gasteiger partial charge in [0.2, 0.25) is 0 Å². The van der Waals surface area contributed by atoms with Crippen molar-refractivity contribution >= 4 is 0 Å². The van der Waals surface area contributed by atoms with E-state index in [1.54, 1.807) is 6.07 Å². The van der Waals surface area contributed by atoms with Crippen molar-refractivity contribution < 1.29 is 13.5 Å². The molecule has 1 aliphatic rings. The summed E-state index contributed by atoms with van der Waals surface area (Å²) in [5, 5.41) is 0. The molecule has 4 nitrogen and oxygen atoms in total. The third kappa shape index (κ3) is 2.34. The van der Waals surface area contributed by atoms with Gasteiger partial charge in [-0.25, -0.2) is 13.8 Å². The number of fused-ring (bicyclic) bond motifs is 1. The van der Waals surface area contributed by atoms with Crippen molar-refractivity contribution in [2.75, 3.05) is 6.61 Å². The molecule has 0 saturated carbocycles. The van der Waals surface area contributed by atoms with Crippen molar-refractivity contribution in [1.29, 1.82) is 0 Å². The predicted molar refractivity (Wildman–Crippen MR) is 68.6 cm³/mol. The van der Waals surface area contributed by atoms with E-state index in [0.29, 0.717) is 35.7 Å². The second-order valence-corrected chi connectivity index (χ2v) is 4.57. The molecule has 6 heteroatoms. The standard InChI is InChI=1S/C14H12F2N2O2/c15-12(16)8-2-1-3-9(6-8)13-17-11-4-5-20-7-10(11)14(19)18-13/h1-3,6,12H,4-5,7H2,(H,17,18,19). The molecular weight excluding hydrogens is 266 g/mol. The fourth-order valence-corrected chi connectivity index (χ4v) is 2.20. The van der Waals surface area contributed by atoms with Gasteiger partial charge in [0.15, 0.2) is 0 Å². The molecule has 1 aromatic carbocycles. The van der Waals surface area contributed by atoms with Gasteiger partial charge in [0.25, 0.3) is 12.0 Å². The highest BCUT2D eigenvalue weighted by atomic mass is 19.3. The fraction of sp³-hybridized carbons (Fsp3) is 0.286. The maximum Gasteiger partial charge on any atom is 0.263 e. The van der Waals surface area contributed by atoms with E-state index in [-0.39, 0.29) is 17.7 Å². The summed E-state index contributed by atoms with van der Waals surface area (Å²) in [7, 11) is 0. The Balaban J connectivity index is 2.08. The van der Waals surface area contributed by atoms with Crippen molar-refractivity contribution in [3.05, 3.63) is 51.4 Å². The van der Waals surface area contributed by atoms with Crippen LogP contribution in [-0.2, 0) is 17.8 Å². The summed E-state index contributed by atoms with van der Waals surface area (Å²) in [5.41, 5.74) is 1.31. The van der Waals surface area contributed by atoms with E-state index in [2.05, 4.69) is 9.97 Å². The van der Waals surface area contributed by atoms with E-state index < -0.39 is 6.43 Å². The summed E-state index contributed by atoms with van der Waals surface area (Å²) >= 11 is 0. The molecule has 0 radical (unpaired) electrons. The van der Waals surface area contributed by atoms with Crippen LogP contribution in [0.3, 0.4) is 0 Å². The number of halogens is 2. The number of nitrogens with one attached hydrogen (secondary N) is 1. The lowest BCUT2D eigenvalue weighted by Crippen LogP contribution is -2.24. The Kier molecular flexibility index (Phi) is 3.31.